The Balaban J connectivity index is 1.74. The summed E-state index contributed by atoms with van der Waals surface area (Å²) in [7, 11) is 0. The number of carbonyl (C=O) groups excluding carboxylic acids is 2. The Morgan fingerprint density at radius 2 is 1.88 bits per heavy atom. The monoisotopic (exact) mass is 389 g/mol. The second-order valence-corrected chi connectivity index (χ2v) is 6.19. The molecule has 7 heteroatoms. The van der Waals surface area contributed by atoms with Gasteiger partial charge in [0, 0.05) is 16.6 Å². The molecule has 0 radical (unpaired) electrons. The summed E-state index contributed by atoms with van der Waals surface area (Å²) in [5, 5.41) is 11.5. The number of fused-ring (bicyclic) bond motifs is 1. The van der Waals surface area contributed by atoms with Crippen LogP contribution in [0.3, 0.4) is 0 Å². The zero-order chi connectivity index (χ0) is 17.3. The van der Waals surface area contributed by atoms with E-state index in [1.165, 1.54) is 24.3 Å². The molecule has 0 bridgehead atoms. The van der Waals surface area contributed by atoms with E-state index < -0.39 is 23.9 Å². The quantitative estimate of drug-likeness (QED) is 0.787. The molecule has 3 rings (SSSR count). The Morgan fingerprint density at radius 1 is 1.17 bits per heavy atom. The molecule has 2 aromatic carbocycles. The van der Waals surface area contributed by atoms with Crippen LogP contribution in [0.4, 0.5) is 5.69 Å². The second-order valence-electron chi connectivity index (χ2n) is 5.27. The maximum Gasteiger partial charge on any atom is 0.339 e. The van der Waals surface area contributed by atoms with Crippen LogP contribution in [0.1, 0.15) is 26.3 Å². The highest BCUT2D eigenvalue weighted by molar-refractivity contribution is 9.10. The molecule has 0 unspecified atom stereocenters. The molecule has 0 fully saturated rings. The first-order valence-electron chi connectivity index (χ1n) is 7.07. The van der Waals surface area contributed by atoms with Crippen molar-refractivity contribution in [3.8, 4) is 0 Å². The molecule has 6 nitrogen and oxygen atoms in total. The van der Waals surface area contributed by atoms with Gasteiger partial charge in [0.25, 0.3) is 5.91 Å². The molecule has 0 saturated heterocycles. The minimum absolute atomic E-state index is 0.121. The Kier molecular flexibility index (Phi) is 4.35. The molecule has 122 valence electrons. The Labute approximate surface area is 145 Å². The van der Waals surface area contributed by atoms with Gasteiger partial charge in [0.1, 0.15) is 0 Å². The molecule has 2 aromatic rings. The molecule has 1 atom stereocenters. The number of nitrogens with one attached hydrogen (secondary N) is 1. The average molecular weight is 390 g/mol. The number of esters is 1. The Hall–Kier alpha value is -2.67. The highest BCUT2D eigenvalue weighted by Gasteiger charge is 2.31. The summed E-state index contributed by atoms with van der Waals surface area (Å²) >= 11 is 3.34. The number of hydrogen-bond acceptors (Lipinski definition) is 4. The molecular formula is C17H12BrNO5. The van der Waals surface area contributed by atoms with Crippen LogP contribution >= 0.6 is 15.9 Å². The largest absolute Gasteiger partial charge is 0.478 e. The van der Waals surface area contributed by atoms with Gasteiger partial charge in [0.2, 0.25) is 0 Å². The molecule has 0 saturated carbocycles. The number of benzene rings is 2. The van der Waals surface area contributed by atoms with E-state index in [9.17, 15) is 14.4 Å². The SMILES string of the molecule is O=C(O)c1ccc(NC(=O)[C@H]2Cc3cc(Br)ccc3C(=O)O2)cc1. The van der Waals surface area contributed by atoms with Gasteiger partial charge in [-0.25, -0.2) is 9.59 Å². The number of carbonyl (C=O) groups is 3. The summed E-state index contributed by atoms with van der Waals surface area (Å²) in [6, 6.07) is 10.9. The third kappa shape index (κ3) is 3.30. The van der Waals surface area contributed by atoms with Crippen LogP contribution in [0, 0.1) is 0 Å². The predicted molar refractivity (Wildman–Crippen MR) is 89.1 cm³/mol. The Morgan fingerprint density at radius 3 is 2.54 bits per heavy atom. The number of aromatic carboxylic acids is 1. The van der Waals surface area contributed by atoms with E-state index in [-0.39, 0.29) is 12.0 Å². The van der Waals surface area contributed by atoms with Crippen molar-refractivity contribution in [3.05, 3.63) is 63.6 Å². The van der Waals surface area contributed by atoms with Crippen LogP contribution in [0.5, 0.6) is 0 Å². The van der Waals surface area contributed by atoms with Crippen LogP contribution in [0.25, 0.3) is 0 Å². The number of anilines is 1. The van der Waals surface area contributed by atoms with E-state index in [2.05, 4.69) is 21.2 Å². The van der Waals surface area contributed by atoms with Gasteiger partial charge in [0.05, 0.1) is 11.1 Å². The third-order valence-electron chi connectivity index (χ3n) is 3.63. The number of cyclic esters (lactones) is 1. The van der Waals surface area contributed by atoms with Crippen molar-refractivity contribution < 1.29 is 24.2 Å². The lowest BCUT2D eigenvalue weighted by molar-refractivity contribution is -0.125. The molecular weight excluding hydrogens is 378 g/mol. The van der Waals surface area contributed by atoms with E-state index in [4.69, 9.17) is 9.84 Å². The molecule has 24 heavy (non-hydrogen) atoms. The summed E-state index contributed by atoms with van der Waals surface area (Å²) in [6.07, 6.45) is -0.655. The maximum absolute atomic E-state index is 12.3. The van der Waals surface area contributed by atoms with Crippen LogP contribution in [-0.2, 0) is 16.0 Å². The molecule has 1 heterocycles. The summed E-state index contributed by atoms with van der Waals surface area (Å²) in [5.41, 5.74) is 1.74. The van der Waals surface area contributed by atoms with Crippen molar-refractivity contribution in [2.75, 3.05) is 5.32 Å². The molecule has 0 spiro atoms. The van der Waals surface area contributed by atoms with E-state index in [1.807, 2.05) is 0 Å². The van der Waals surface area contributed by atoms with Crippen LogP contribution < -0.4 is 5.32 Å². The normalized spacial score (nSPS) is 16.0. The zero-order valence-electron chi connectivity index (χ0n) is 12.3. The maximum atomic E-state index is 12.3. The number of amides is 1. The fourth-order valence-electron chi connectivity index (χ4n) is 2.43. The van der Waals surface area contributed by atoms with Crippen molar-refractivity contribution in [2.45, 2.75) is 12.5 Å². The van der Waals surface area contributed by atoms with Gasteiger partial charge in [-0.3, -0.25) is 4.79 Å². The van der Waals surface area contributed by atoms with Gasteiger partial charge in [-0.15, -0.1) is 0 Å². The van der Waals surface area contributed by atoms with Gasteiger partial charge in [-0.05, 0) is 48.0 Å². The first-order valence-corrected chi connectivity index (χ1v) is 7.87. The fraction of sp³-hybridized carbons (Fsp3) is 0.118. The summed E-state index contributed by atoms with van der Waals surface area (Å²) in [4.78, 5) is 35.1. The lowest BCUT2D eigenvalue weighted by Crippen LogP contribution is -2.38. The van der Waals surface area contributed by atoms with Gasteiger partial charge >= 0.3 is 11.9 Å². The predicted octanol–water partition coefficient (Wildman–Crippen LogP) is 2.87. The standard InChI is InChI=1S/C17H12BrNO5/c18-11-3-6-13-10(7-11)8-14(24-17(13)23)15(20)19-12-4-1-9(2-5-12)16(21)22/h1-7,14H,8H2,(H,19,20)(H,21,22)/t14-/m1/s1. The number of ether oxygens (including phenoxy) is 1. The van der Waals surface area contributed by atoms with Crippen LogP contribution in [0.15, 0.2) is 46.9 Å². The van der Waals surface area contributed by atoms with E-state index in [0.29, 0.717) is 11.3 Å². The molecule has 0 aliphatic carbocycles. The van der Waals surface area contributed by atoms with Gasteiger partial charge in [-0.2, -0.15) is 0 Å². The van der Waals surface area contributed by atoms with E-state index in [0.717, 1.165) is 10.0 Å². The molecule has 1 aliphatic rings. The van der Waals surface area contributed by atoms with Crippen molar-refractivity contribution in [1.82, 2.24) is 0 Å². The molecule has 1 aliphatic heterocycles. The smallest absolute Gasteiger partial charge is 0.339 e. The first kappa shape index (κ1) is 16.2. The lowest BCUT2D eigenvalue weighted by atomic mass is 9.98. The summed E-state index contributed by atoms with van der Waals surface area (Å²) in [5.74, 6) is -2.04. The first-order chi connectivity index (χ1) is 11.4. The van der Waals surface area contributed by atoms with Crippen molar-refractivity contribution in [3.63, 3.8) is 0 Å². The van der Waals surface area contributed by atoms with Crippen molar-refractivity contribution in [1.29, 1.82) is 0 Å². The average Bonchev–Trinajstić information content (AvgIpc) is 2.54. The lowest BCUT2D eigenvalue weighted by Gasteiger charge is -2.24. The number of hydrogen-bond donors (Lipinski definition) is 2. The van der Waals surface area contributed by atoms with Crippen molar-refractivity contribution in [2.24, 2.45) is 0 Å². The minimum Gasteiger partial charge on any atom is -0.478 e. The number of halogens is 1. The highest BCUT2D eigenvalue weighted by Crippen LogP contribution is 2.25. The number of carboxylic acid groups (broad SMARTS) is 1. The van der Waals surface area contributed by atoms with E-state index >= 15 is 0 Å². The van der Waals surface area contributed by atoms with Gasteiger partial charge in [0.15, 0.2) is 6.10 Å². The number of rotatable bonds is 3. The highest BCUT2D eigenvalue weighted by atomic mass is 79.9. The fourth-order valence-corrected chi connectivity index (χ4v) is 2.84. The zero-order valence-corrected chi connectivity index (χ0v) is 13.9. The van der Waals surface area contributed by atoms with Crippen LogP contribution in [-0.4, -0.2) is 29.1 Å². The molecule has 2 N–H and O–H groups in total. The van der Waals surface area contributed by atoms with E-state index in [1.54, 1.807) is 18.2 Å². The second kappa shape index (κ2) is 6.45. The molecule has 0 aromatic heterocycles. The van der Waals surface area contributed by atoms with Gasteiger partial charge < -0.3 is 15.2 Å². The van der Waals surface area contributed by atoms with Crippen LogP contribution in [0.2, 0.25) is 0 Å². The van der Waals surface area contributed by atoms with Crippen molar-refractivity contribution >= 4 is 39.5 Å². The summed E-state index contributed by atoms with van der Waals surface area (Å²) in [6.45, 7) is 0. The minimum atomic E-state index is -1.05. The molecule has 1 amide bonds. The summed E-state index contributed by atoms with van der Waals surface area (Å²) < 4.78 is 6.01. The third-order valence-corrected chi connectivity index (χ3v) is 4.13. The number of carboxylic acids is 1. The van der Waals surface area contributed by atoms with Gasteiger partial charge in [-0.1, -0.05) is 15.9 Å². The topological polar surface area (TPSA) is 92.7 Å². The Bertz CT molecular complexity index is 831.